The van der Waals surface area contributed by atoms with Gasteiger partial charge in [0.25, 0.3) is 0 Å². The van der Waals surface area contributed by atoms with Gasteiger partial charge in [0, 0.05) is 37.1 Å². The van der Waals surface area contributed by atoms with Crippen LogP contribution in [0.15, 0.2) is 29.2 Å². The molecule has 2 rings (SSSR count). The van der Waals surface area contributed by atoms with Crippen LogP contribution >= 0.6 is 36.6 Å². The molecule has 0 aromatic heterocycles. The zero-order chi connectivity index (χ0) is 16.2. The molecule has 0 radical (unpaired) electrons. The number of alkyl halides is 3. The van der Waals surface area contributed by atoms with Gasteiger partial charge in [-0.25, -0.2) is 0 Å². The molecule has 2 nitrogen and oxygen atoms in total. The highest BCUT2D eigenvalue weighted by Crippen LogP contribution is 2.37. The van der Waals surface area contributed by atoms with Crippen molar-refractivity contribution >= 4 is 36.6 Å². The maximum Gasteiger partial charge on any atom is 0.446 e. The lowest BCUT2D eigenvalue weighted by atomic mass is 9.95. The molecule has 0 unspecified atom stereocenters. The monoisotopic (exact) mass is 404 g/mol. The van der Waals surface area contributed by atoms with E-state index in [4.69, 9.17) is 0 Å². The predicted octanol–water partition coefficient (Wildman–Crippen LogP) is 5.13. The quantitative estimate of drug-likeness (QED) is 0.684. The first kappa shape index (κ1) is 23.9. The van der Waals surface area contributed by atoms with Crippen molar-refractivity contribution in [3.8, 4) is 0 Å². The third-order valence-electron chi connectivity index (χ3n) is 3.79. The van der Waals surface area contributed by atoms with Crippen LogP contribution in [0, 0.1) is 5.92 Å². The molecule has 1 fully saturated rings. The highest BCUT2D eigenvalue weighted by atomic mass is 35.5. The maximum atomic E-state index is 12.4. The fourth-order valence-corrected chi connectivity index (χ4v) is 3.37. The van der Waals surface area contributed by atoms with Crippen molar-refractivity contribution in [1.82, 2.24) is 10.2 Å². The second-order valence-electron chi connectivity index (χ2n) is 6.05. The Morgan fingerprint density at radius 1 is 1.08 bits per heavy atom. The second-order valence-corrected chi connectivity index (χ2v) is 7.19. The largest absolute Gasteiger partial charge is 0.446 e. The summed E-state index contributed by atoms with van der Waals surface area (Å²) in [6.07, 6.45) is 1.02. The third kappa shape index (κ3) is 7.83. The van der Waals surface area contributed by atoms with Gasteiger partial charge in [-0.2, -0.15) is 13.2 Å². The van der Waals surface area contributed by atoms with Crippen LogP contribution < -0.4 is 5.32 Å². The fourth-order valence-electron chi connectivity index (χ4n) is 2.83. The van der Waals surface area contributed by atoms with Gasteiger partial charge in [-0.05, 0) is 41.8 Å². The minimum atomic E-state index is -4.22. The first-order chi connectivity index (χ1) is 10.3. The highest BCUT2D eigenvalue weighted by molar-refractivity contribution is 8.00. The average Bonchev–Trinajstić information content (AvgIpc) is 2.45. The van der Waals surface area contributed by atoms with Crippen LogP contribution in [-0.2, 0) is 0 Å². The van der Waals surface area contributed by atoms with Crippen LogP contribution in [0.4, 0.5) is 13.2 Å². The van der Waals surface area contributed by atoms with Crippen LogP contribution in [0.5, 0.6) is 0 Å². The van der Waals surface area contributed by atoms with E-state index < -0.39 is 5.51 Å². The minimum Gasteiger partial charge on any atom is -0.314 e. The first-order valence-electron chi connectivity index (χ1n) is 7.65. The molecule has 1 heterocycles. The van der Waals surface area contributed by atoms with E-state index in [-0.39, 0.29) is 47.5 Å². The number of rotatable bonds is 5. The van der Waals surface area contributed by atoms with Crippen molar-refractivity contribution in [1.29, 1.82) is 0 Å². The molecule has 1 aliphatic heterocycles. The third-order valence-corrected chi connectivity index (χ3v) is 4.52. The Kier molecular flexibility index (Phi) is 10.7. The van der Waals surface area contributed by atoms with Gasteiger partial charge < -0.3 is 5.32 Å². The van der Waals surface area contributed by atoms with Gasteiger partial charge in [0.2, 0.25) is 0 Å². The van der Waals surface area contributed by atoms with E-state index in [2.05, 4.69) is 24.1 Å². The summed E-state index contributed by atoms with van der Waals surface area (Å²) in [5, 5.41) is 3.34. The van der Waals surface area contributed by atoms with E-state index in [0.717, 1.165) is 38.2 Å². The number of hydrogen-bond donors (Lipinski definition) is 1. The molecule has 1 atom stereocenters. The van der Waals surface area contributed by atoms with E-state index in [1.54, 1.807) is 12.1 Å². The van der Waals surface area contributed by atoms with Crippen LogP contribution in [0.25, 0.3) is 0 Å². The van der Waals surface area contributed by atoms with Gasteiger partial charge in [0.15, 0.2) is 0 Å². The highest BCUT2D eigenvalue weighted by Gasteiger charge is 2.29. The van der Waals surface area contributed by atoms with Gasteiger partial charge in [-0.1, -0.05) is 26.0 Å². The molecule has 8 heteroatoms. The van der Waals surface area contributed by atoms with Gasteiger partial charge in [0.05, 0.1) is 0 Å². The number of nitrogens with one attached hydrogen (secondary N) is 1. The molecule has 1 aromatic carbocycles. The van der Waals surface area contributed by atoms with Gasteiger partial charge in [-0.15, -0.1) is 24.8 Å². The Morgan fingerprint density at radius 3 is 2.08 bits per heavy atom. The molecule has 1 saturated heterocycles. The van der Waals surface area contributed by atoms with Crippen molar-refractivity contribution < 1.29 is 13.2 Å². The SMILES string of the molecule is CC(C)C[C@H](c1ccc(SC(F)(F)F)cc1)N1CCNCC1.Cl.Cl. The normalized spacial score (nSPS) is 17.1. The Bertz CT molecular complexity index is 463. The van der Waals surface area contributed by atoms with Gasteiger partial charge in [-0.3, -0.25) is 4.90 Å². The van der Waals surface area contributed by atoms with E-state index in [9.17, 15) is 13.2 Å². The van der Waals surface area contributed by atoms with Crippen LogP contribution in [0.2, 0.25) is 0 Å². The zero-order valence-corrected chi connectivity index (χ0v) is 16.3. The first-order valence-corrected chi connectivity index (χ1v) is 8.47. The topological polar surface area (TPSA) is 15.3 Å². The van der Waals surface area contributed by atoms with Gasteiger partial charge >= 0.3 is 5.51 Å². The van der Waals surface area contributed by atoms with Crippen LogP contribution in [0.1, 0.15) is 31.9 Å². The number of thioether (sulfide) groups is 1. The number of hydrogen-bond acceptors (Lipinski definition) is 3. The predicted molar refractivity (Wildman–Crippen MR) is 99.5 cm³/mol. The van der Waals surface area contributed by atoms with Crippen LogP contribution in [-0.4, -0.2) is 36.6 Å². The summed E-state index contributed by atoms with van der Waals surface area (Å²) in [5.74, 6) is 0.545. The summed E-state index contributed by atoms with van der Waals surface area (Å²) >= 11 is -0.0530. The molecule has 0 amide bonds. The Labute approximate surface area is 158 Å². The van der Waals surface area contributed by atoms with Crippen molar-refractivity contribution in [3.63, 3.8) is 0 Å². The van der Waals surface area contributed by atoms with E-state index in [1.165, 1.54) is 0 Å². The molecule has 24 heavy (non-hydrogen) atoms. The van der Waals surface area contributed by atoms with Crippen molar-refractivity contribution in [2.75, 3.05) is 26.2 Å². The second kappa shape index (κ2) is 10.8. The zero-order valence-electron chi connectivity index (χ0n) is 13.8. The van der Waals surface area contributed by atoms with Crippen molar-refractivity contribution in [3.05, 3.63) is 29.8 Å². The number of piperazine rings is 1. The average molecular weight is 405 g/mol. The molecule has 0 aliphatic carbocycles. The van der Waals surface area contributed by atoms with E-state index in [0.29, 0.717) is 5.92 Å². The standard InChI is InChI=1S/C16H23F3N2S.2ClH/c1-12(2)11-15(21-9-7-20-8-10-21)13-3-5-14(6-4-13)22-16(17,18)19;;/h3-6,12,15,20H,7-11H2,1-2H3;2*1H/t15-;;/m1../s1. The molecular weight excluding hydrogens is 380 g/mol. The summed E-state index contributed by atoms with van der Waals surface area (Å²) in [5.41, 5.74) is -3.11. The number of benzene rings is 1. The maximum absolute atomic E-state index is 12.4. The van der Waals surface area contributed by atoms with Crippen molar-refractivity contribution in [2.24, 2.45) is 5.92 Å². The van der Waals surface area contributed by atoms with Crippen molar-refractivity contribution in [2.45, 2.75) is 36.7 Å². The summed E-state index contributed by atoms with van der Waals surface area (Å²) in [7, 11) is 0. The Morgan fingerprint density at radius 2 is 1.62 bits per heavy atom. The van der Waals surface area contributed by atoms with Crippen LogP contribution in [0.3, 0.4) is 0 Å². The summed E-state index contributed by atoms with van der Waals surface area (Å²) < 4.78 is 37.2. The lowest BCUT2D eigenvalue weighted by molar-refractivity contribution is -0.0328. The van der Waals surface area contributed by atoms with E-state index >= 15 is 0 Å². The number of nitrogens with zero attached hydrogens (tertiary/aromatic N) is 1. The molecular formula is C16H25Cl2F3N2S. The molecule has 1 N–H and O–H groups in total. The lowest BCUT2D eigenvalue weighted by Crippen LogP contribution is -2.45. The summed E-state index contributed by atoms with van der Waals surface area (Å²) in [4.78, 5) is 2.68. The number of halogens is 5. The minimum absolute atomic E-state index is 0. The molecule has 0 saturated carbocycles. The molecule has 0 bridgehead atoms. The molecule has 140 valence electrons. The smallest absolute Gasteiger partial charge is 0.314 e. The van der Waals surface area contributed by atoms with Gasteiger partial charge in [0.1, 0.15) is 0 Å². The summed E-state index contributed by atoms with van der Waals surface area (Å²) in [6.45, 7) is 8.27. The Hall–Kier alpha value is -0.140. The molecule has 1 aliphatic rings. The Balaban J connectivity index is 0.00000264. The lowest BCUT2D eigenvalue weighted by Gasteiger charge is -2.36. The summed E-state index contributed by atoms with van der Waals surface area (Å²) in [6, 6.07) is 7.16. The molecule has 0 spiro atoms. The van der Waals surface area contributed by atoms with E-state index in [1.807, 2.05) is 12.1 Å². The fraction of sp³-hybridized carbons (Fsp3) is 0.625. The molecule has 1 aromatic rings.